The lowest BCUT2D eigenvalue weighted by molar-refractivity contribution is 0.249. The number of benzene rings is 2. The second-order valence-electron chi connectivity index (χ2n) is 10.3. The average molecular weight is 525 g/mol. The number of anilines is 1. The first-order valence-electron chi connectivity index (χ1n) is 12.9. The highest BCUT2D eigenvalue weighted by Crippen LogP contribution is 2.39. The van der Waals surface area contributed by atoms with Crippen LogP contribution in [0.4, 0.5) is 10.3 Å². The number of imidazole rings is 2. The fourth-order valence-corrected chi connectivity index (χ4v) is 5.64. The van der Waals surface area contributed by atoms with Crippen LogP contribution in [-0.4, -0.2) is 61.6 Å². The van der Waals surface area contributed by atoms with E-state index in [1.807, 2.05) is 22.7 Å². The van der Waals surface area contributed by atoms with Crippen molar-refractivity contribution >= 4 is 22.6 Å². The molecule has 2 aromatic carbocycles. The average Bonchev–Trinajstić information content (AvgIpc) is 3.52. The monoisotopic (exact) mass is 524 g/mol. The van der Waals surface area contributed by atoms with E-state index in [4.69, 9.17) is 4.98 Å². The Balaban J connectivity index is 1.61. The van der Waals surface area contributed by atoms with E-state index in [0.29, 0.717) is 45.1 Å². The highest BCUT2D eigenvalue weighted by atomic mass is 19.1. The summed E-state index contributed by atoms with van der Waals surface area (Å²) in [5.41, 5.74) is 4.17. The molecule has 0 saturated carbocycles. The normalized spacial score (nSPS) is 14.5. The summed E-state index contributed by atoms with van der Waals surface area (Å²) in [6.45, 7) is 1.67. The van der Waals surface area contributed by atoms with Crippen molar-refractivity contribution in [2.45, 2.75) is 18.9 Å². The SMILES string of the molecule is CN(C)C1CCN(c2nc(-c3ccc(C#N)cc3)c(-c3cc4c(cc3F)n(C)c(=O)n4C)c3nccn23)CC1. The van der Waals surface area contributed by atoms with E-state index in [-0.39, 0.29) is 5.69 Å². The number of aryl methyl sites for hydroxylation is 2. The van der Waals surface area contributed by atoms with Gasteiger partial charge in [0, 0.05) is 62.8 Å². The lowest BCUT2D eigenvalue weighted by Gasteiger charge is -2.36. The molecule has 0 aliphatic carbocycles. The van der Waals surface area contributed by atoms with Gasteiger partial charge in [-0.25, -0.2) is 19.2 Å². The fraction of sp³-hybridized carbons (Fsp3) is 0.310. The van der Waals surface area contributed by atoms with Crippen LogP contribution in [0.2, 0.25) is 0 Å². The minimum Gasteiger partial charge on any atom is -0.342 e. The number of nitrogens with zero attached hydrogens (tertiary/aromatic N) is 8. The van der Waals surface area contributed by atoms with Crippen LogP contribution in [0, 0.1) is 17.1 Å². The van der Waals surface area contributed by atoms with Crippen molar-refractivity contribution in [2.24, 2.45) is 14.1 Å². The Kier molecular flexibility index (Phi) is 5.96. The Morgan fingerprint density at radius 2 is 1.72 bits per heavy atom. The number of aromatic nitrogens is 5. The Morgan fingerprint density at radius 3 is 2.36 bits per heavy atom. The molecule has 1 saturated heterocycles. The summed E-state index contributed by atoms with van der Waals surface area (Å²) in [6, 6.07) is 12.9. The molecular weight excluding hydrogens is 495 g/mol. The molecule has 0 atom stereocenters. The maximum absolute atomic E-state index is 15.9. The Bertz CT molecular complexity index is 1820. The van der Waals surface area contributed by atoms with Crippen LogP contribution in [0.1, 0.15) is 18.4 Å². The van der Waals surface area contributed by atoms with Gasteiger partial charge in [0.15, 0.2) is 0 Å². The zero-order valence-corrected chi connectivity index (χ0v) is 22.4. The van der Waals surface area contributed by atoms with Crippen LogP contribution in [0.5, 0.6) is 0 Å². The standard InChI is InChI=1S/C29H29FN8O/c1-34(2)20-9-12-37(13-10-20)28-33-26(19-7-5-18(17-31)6-8-19)25(27-32-11-14-38(27)28)21-15-23-24(16-22(21)30)36(4)29(39)35(23)3/h5-8,11,14-16,20H,9-10,12-13H2,1-4H3. The Labute approximate surface area is 225 Å². The third-order valence-electron chi connectivity index (χ3n) is 7.92. The van der Waals surface area contributed by atoms with E-state index in [1.165, 1.54) is 15.2 Å². The maximum atomic E-state index is 15.9. The summed E-state index contributed by atoms with van der Waals surface area (Å²) in [5, 5.41) is 9.34. The minimum absolute atomic E-state index is 0.227. The summed E-state index contributed by atoms with van der Waals surface area (Å²) in [4.78, 5) is 26.9. The van der Waals surface area contributed by atoms with E-state index >= 15 is 4.39 Å². The fourth-order valence-electron chi connectivity index (χ4n) is 5.64. The summed E-state index contributed by atoms with van der Waals surface area (Å²) in [7, 11) is 7.53. The van der Waals surface area contributed by atoms with Gasteiger partial charge in [0.1, 0.15) is 11.5 Å². The number of halogens is 1. The van der Waals surface area contributed by atoms with Gasteiger partial charge in [-0.05, 0) is 45.1 Å². The van der Waals surface area contributed by atoms with Gasteiger partial charge in [-0.1, -0.05) is 12.1 Å². The molecule has 1 fully saturated rings. The molecule has 4 heterocycles. The van der Waals surface area contributed by atoms with E-state index in [2.05, 4.69) is 34.9 Å². The molecule has 198 valence electrons. The van der Waals surface area contributed by atoms with Crippen LogP contribution >= 0.6 is 0 Å². The molecule has 1 aliphatic heterocycles. The summed E-state index contributed by atoms with van der Waals surface area (Å²) in [6.07, 6.45) is 5.57. The van der Waals surface area contributed by atoms with E-state index in [9.17, 15) is 10.1 Å². The number of piperidine rings is 1. The molecule has 0 radical (unpaired) electrons. The second kappa shape index (κ2) is 9.36. The van der Waals surface area contributed by atoms with Crippen LogP contribution < -0.4 is 10.6 Å². The molecule has 0 unspecified atom stereocenters. The predicted molar refractivity (Wildman–Crippen MR) is 149 cm³/mol. The smallest absolute Gasteiger partial charge is 0.328 e. The van der Waals surface area contributed by atoms with Gasteiger partial charge >= 0.3 is 5.69 Å². The first-order valence-corrected chi connectivity index (χ1v) is 12.9. The largest absolute Gasteiger partial charge is 0.342 e. The van der Waals surface area contributed by atoms with E-state index in [1.54, 1.807) is 38.5 Å². The van der Waals surface area contributed by atoms with Crippen molar-refractivity contribution in [3.8, 4) is 28.5 Å². The van der Waals surface area contributed by atoms with Gasteiger partial charge < -0.3 is 9.80 Å². The minimum atomic E-state index is -0.468. The van der Waals surface area contributed by atoms with Crippen molar-refractivity contribution < 1.29 is 4.39 Å². The van der Waals surface area contributed by atoms with Gasteiger partial charge in [-0.3, -0.25) is 13.5 Å². The third-order valence-corrected chi connectivity index (χ3v) is 7.92. The second-order valence-corrected chi connectivity index (χ2v) is 10.3. The van der Waals surface area contributed by atoms with Crippen LogP contribution in [0.25, 0.3) is 39.1 Å². The summed E-state index contributed by atoms with van der Waals surface area (Å²) >= 11 is 0. The van der Waals surface area contributed by atoms with Crippen molar-refractivity contribution in [1.82, 2.24) is 28.4 Å². The molecule has 0 spiro atoms. The predicted octanol–water partition coefficient (Wildman–Crippen LogP) is 3.79. The van der Waals surface area contributed by atoms with Crippen LogP contribution in [0.15, 0.2) is 53.6 Å². The number of hydrogen-bond acceptors (Lipinski definition) is 6. The van der Waals surface area contributed by atoms with Gasteiger partial charge in [-0.15, -0.1) is 0 Å². The molecule has 0 amide bonds. The van der Waals surface area contributed by atoms with Gasteiger partial charge in [0.05, 0.1) is 33.9 Å². The first kappa shape index (κ1) is 24.8. The molecule has 0 N–H and O–H groups in total. The van der Waals surface area contributed by atoms with E-state index in [0.717, 1.165) is 37.4 Å². The molecule has 9 nitrogen and oxygen atoms in total. The molecular formula is C29H29FN8O. The molecule has 6 rings (SSSR count). The first-order chi connectivity index (χ1) is 18.8. The molecule has 1 aliphatic rings. The molecule has 10 heteroatoms. The van der Waals surface area contributed by atoms with Crippen molar-refractivity contribution in [3.63, 3.8) is 0 Å². The third kappa shape index (κ3) is 3.97. The highest BCUT2D eigenvalue weighted by Gasteiger charge is 2.27. The molecule has 0 bridgehead atoms. The molecule has 3 aromatic heterocycles. The van der Waals surface area contributed by atoms with Crippen molar-refractivity contribution in [3.05, 3.63) is 70.7 Å². The van der Waals surface area contributed by atoms with Crippen molar-refractivity contribution in [1.29, 1.82) is 5.26 Å². The van der Waals surface area contributed by atoms with Crippen LogP contribution in [-0.2, 0) is 14.1 Å². The molecule has 39 heavy (non-hydrogen) atoms. The zero-order chi connectivity index (χ0) is 27.4. The van der Waals surface area contributed by atoms with Crippen LogP contribution in [0.3, 0.4) is 0 Å². The number of fused-ring (bicyclic) bond motifs is 2. The number of rotatable bonds is 4. The Morgan fingerprint density at radius 1 is 1.05 bits per heavy atom. The van der Waals surface area contributed by atoms with E-state index < -0.39 is 5.82 Å². The quantitative estimate of drug-likeness (QED) is 0.356. The topological polar surface area (TPSA) is 87.4 Å². The summed E-state index contributed by atoms with van der Waals surface area (Å²) in [5.74, 6) is 0.279. The zero-order valence-electron chi connectivity index (χ0n) is 22.4. The van der Waals surface area contributed by atoms with Crippen molar-refractivity contribution in [2.75, 3.05) is 32.1 Å². The summed E-state index contributed by atoms with van der Waals surface area (Å²) < 4.78 is 20.8. The lowest BCUT2D eigenvalue weighted by Crippen LogP contribution is -2.43. The lowest BCUT2D eigenvalue weighted by atomic mass is 9.98. The maximum Gasteiger partial charge on any atom is 0.328 e. The van der Waals surface area contributed by atoms with Gasteiger partial charge in [-0.2, -0.15) is 5.26 Å². The van der Waals surface area contributed by atoms with Gasteiger partial charge in [0.2, 0.25) is 5.95 Å². The number of nitriles is 1. The number of hydrogen-bond donors (Lipinski definition) is 0. The Hall–Kier alpha value is -4.49. The molecule has 5 aromatic rings. The highest BCUT2D eigenvalue weighted by molar-refractivity contribution is 5.94. The van der Waals surface area contributed by atoms with Gasteiger partial charge in [0.25, 0.3) is 0 Å².